The van der Waals surface area contributed by atoms with Crippen LogP contribution in [-0.2, 0) is 0 Å². The SMILES string of the molecule is Cl.O=C(c1cc(-c2ccccc2Cl)n[nH]1)N1CCC2CCC(C1)N2. The number of amides is 1. The van der Waals surface area contributed by atoms with Crippen LogP contribution in [0.2, 0.25) is 5.02 Å². The number of fused-ring (bicyclic) bond motifs is 2. The molecular weight excluding hydrogens is 347 g/mol. The molecule has 2 fully saturated rings. The molecule has 0 spiro atoms. The second kappa shape index (κ2) is 7.13. The van der Waals surface area contributed by atoms with Crippen molar-refractivity contribution in [2.75, 3.05) is 13.1 Å². The Balaban J connectivity index is 0.00000169. The van der Waals surface area contributed by atoms with Gasteiger partial charge < -0.3 is 10.2 Å². The third-order valence-corrected chi connectivity index (χ3v) is 5.10. The molecule has 24 heavy (non-hydrogen) atoms. The zero-order valence-electron chi connectivity index (χ0n) is 13.2. The number of hydrogen-bond acceptors (Lipinski definition) is 3. The summed E-state index contributed by atoms with van der Waals surface area (Å²) in [5, 5.41) is 11.4. The second-order valence-electron chi connectivity index (χ2n) is 6.32. The highest BCUT2D eigenvalue weighted by Gasteiger charge is 2.32. The second-order valence-corrected chi connectivity index (χ2v) is 6.73. The van der Waals surface area contributed by atoms with Gasteiger partial charge in [0.15, 0.2) is 0 Å². The maximum absolute atomic E-state index is 12.8. The minimum atomic E-state index is 0. The number of H-pyrrole nitrogens is 1. The van der Waals surface area contributed by atoms with E-state index in [9.17, 15) is 4.79 Å². The summed E-state index contributed by atoms with van der Waals surface area (Å²) < 4.78 is 0. The van der Waals surface area contributed by atoms with E-state index in [1.54, 1.807) is 6.07 Å². The van der Waals surface area contributed by atoms with E-state index in [-0.39, 0.29) is 18.3 Å². The number of aromatic nitrogens is 2. The molecule has 0 aliphatic carbocycles. The first-order chi connectivity index (χ1) is 11.2. The lowest BCUT2D eigenvalue weighted by Crippen LogP contribution is -2.39. The van der Waals surface area contributed by atoms with Crippen molar-refractivity contribution >= 4 is 29.9 Å². The van der Waals surface area contributed by atoms with Crippen molar-refractivity contribution in [2.45, 2.75) is 31.3 Å². The van der Waals surface area contributed by atoms with Crippen molar-refractivity contribution in [1.29, 1.82) is 0 Å². The van der Waals surface area contributed by atoms with Crippen molar-refractivity contribution in [1.82, 2.24) is 20.4 Å². The first kappa shape index (κ1) is 17.3. The van der Waals surface area contributed by atoms with Crippen LogP contribution in [0, 0.1) is 0 Å². The van der Waals surface area contributed by atoms with Gasteiger partial charge in [0, 0.05) is 30.7 Å². The van der Waals surface area contributed by atoms with Gasteiger partial charge in [-0.1, -0.05) is 29.8 Å². The Kier molecular flexibility index (Phi) is 5.13. The standard InChI is InChI=1S/C17H19ClN4O.ClH/c18-14-4-2-1-3-13(14)15-9-16(21-20-15)17(23)22-8-7-11-5-6-12(10-22)19-11;/h1-4,9,11-12,19H,5-8,10H2,(H,20,21);1H. The predicted octanol–water partition coefficient (Wildman–Crippen LogP) is 3.12. The summed E-state index contributed by atoms with van der Waals surface area (Å²) in [5.41, 5.74) is 2.06. The molecule has 0 radical (unpaired) electrons. The lowest BCUT2D eigenvalue weighted by Gasteiger charge is -2.23. The van der Waals surface area contributed by atoms with Gasteiger partial charge in [-0.3, -0.25) is 9.89 Å². The molecule has 2 aromatic rings. The lowest BCUT2D eigenvalue weighted by atomic mass is 10.1. The number of aromatic amines is 1. The van der Waals surface area contributed by atoms with Gasteiger partial charge in [-0.2, -0.15) is 5.10 Å². The Morgan fingerprint density at radius 3 is 2.83 bits per heavy atom. The van der Waals surface area contributed by atoms with Crippen molar-refractivity contribution < 1.29 is 4.79 Å². The van der Waals surface area contributed by atoms with E-state index in [0.717, 1.165) is 31.5 Å². The zero-order valence-corrected chi connectivity index (χ0v) is 14.7. The van der Waals surface area contributed by atoms with Gasteiger partial charge in [0.25, 0.3) is 5.91 Å². The summed E-state index contributed by atoms with van der Waals surface area (Å²) >= 11 is 6.20. The Labute approximate surface area is 152 Å². The molecule has 2 bridgehead atoms. The van der Waals surface area contributed by atoms with Gasteiger partial charge in [-0.05, 0) is 31.4 Å². The van der Waals surface area contributed by atoms with Crippen molar-refractivity contribution in [3.05, 3.63) is 41.0 Å². The summed E-state index contributed by atoms with van der Waals surface area (Å²) in [6.07, 6.45) is 3.41. The maximum Gasteiger partial charge on any atom is 0.271 e. The van der Waals surface area contributed by atoms with Crippen LogP contribution in [0.25, 0.3) is 11.3 Å². The molecule has 2 saturated heterocycles. The average molecular weight is 367 g/mol. The molecule has 5 nitrogen and oxygen atoms in total. The topological polar surface area (TPSA) is 61.0 Å². The van der Waals surface area contributed by atoms with Crippen LogP contribution in [0.3, 0.4) is 0 Å². The number of likely N-dealkylation sites (tertiary alicyclic amines) is 1. The largest absolute Gasteiger partial charge is 0.336 e. The number of nitrogens with zero attached hydrogens (tertiary/aromatic N) is 2. The molecule has 2 unspecified atom stereocenters. The zero-order chi connectivity index (χ0) is 15.8. The van der Waals surface area contributed by atoms with Crippen LogP contribution in [0.15, 0.2) is 30.3 Å². The van der Waals surface area contributed by atoms with Gasteiger partial charge in [-0.15, -0.1) is 12.4 Å². The monoisotopic (exact) mass is 366 g/mol. The van der Waals surface area contributed by atoms with Crippen LogP contribution in [0.1, 0.15) is 29.8 Å². The van der Waals surface area contributed by atoms with Crippen LogP contribution < -0.4 is 5.32 Å². The minimum absolute atomic E-state index is 0. The first-order valence-corrected chi connectivity index (χ1v) is 8.44. The van der Waals surface area contributed by atoms with Crippen LogP contribution in [0.5, 0.6) is 0 Å². The van der Waals surface area contributed by atoms with E-state index in [1.165, 1.54) is 6.42 Å². The van der Waals surface area contributed by atoms with E-state index in [4.69, 9.17) is 11.6 Å². The minimum Gasteiger partial charge on any atom is -0.336 e. The number of hydrogen-bond donors (Lipinski definition) is 2. The van der Waals surface area contributed by atoms with Crippen molar-refractivity contribution in [3.63, 3.8) is 0 Å². The smallest absolute Gasteiger partial charge is 0.271 e. The van der Waals surface area contributed by atoms with Crippen molar-refractivity contribution in [2.24, 2.45) is 0 Å². The van der Waals surface area contributed by atoms with E-state index in [2.05, 4.69) is 15.5 Å². The molecule has 3 heterocycles. The Hall–Kier alpha value is -1.56. The summed E-state index contributed by atoms with van der Waals surface area (Å²) in [4.78, 5) is 14.7. The fourth-order valence-corrected chi connectivity index (χ4v) is 3.77. The normalized spacial score (nSPS) is 22.8. The van der Waals surface area contributed by atoms with Crippen LogP contribution >= 0.6 is 24.0 Å². The third-order valence-electron chi connectivity index (χ3n) is 4.77. The third kappa shape index (κ3) is 3.29. The quantitative estimate of drug-likeness (QED) is 0.858. The predicted molar refractivity (Wildman–Crippen MR) is 96.7 cm³/mol. The first-order valence-electron chi connectivity index (χ1n) is 8.06. The molecule has 4 rings (SSSR count). The summed E-state index contributed by atoms with van der Waals surface area (Å²) in [5.74, 6) is 0.0187. The fraction of sp³-hybridized carbons (Fsp3) is 0.412. The molecule has 1 aromatic heterocycles. The Bertz CT molecular complexity index is 733. The molecule has 2 aliphatic heterocycles. The molecule has 2 atom stereocenters. The highest BCUT2D eigenvalue weighted by molar-refractivity contribution is 6.33. The number of halogens is 2. The Morgan fingerprint density at radius 1 is 1.21 bits per heavy atom. The van der Waals surface area contributed by atoms with E-state index >= 15 is 0 Å². The number of carbonyl (C=O) groups is 1. The number of carbonyl (C=O) groups excluding carboxylic acids is 1. The number of rotatable bonds is 2. The number of nitrogens with one attached hydrogen (secondary N) is 2. The fourth-order valence-electron chi connectivity index (χ4n) is 3.54. The van der Waals surface area contributed by atoms with Gasteiger partial charge in [0.1, 0.15) is 5.69 Å². The summed E-state index contributed by atoms with van der Waals surface area (Å²) in [6, 6.07) is 10.3. The lowest BCUT2D eigenvalue weighted by molar-refractivity contribution is 0.0742. The molecule has 1 aromatic carbocycles. The molecule has 2 N–H and O–H groups in total. The van der Waals surface area contributed by atoms with Gasteiger partial charge >= 0.3 is 0 Å². The highest BCUT2D eigenvalue weighted by Crippen LogP contribution is 2.27. The Morgan fingerprint density at radius 2 is 2.00 bits per heavy atom. The highest BCUT2D eigenvalue weighted by atomic mass is 35.5. The molecule has 1 amide bonds. The summed E-state index contributed by atoms with van der Waals surface area (Å²) in [7, 11) is 0. The average Bonchev–Trinajstić information content (AvgIpc) is 3.14. The summed E-state index contributed by atoms with van der Waals surface area (Å²) in [6.45, 7) is 1.57. The maximum atomic E-state index is 12.8. The van der Waals surface area contributed by atoms with E-state index in [1.807, 2.05) is 29.2 Å². The van der Waals surface area contributed by atoms with E-state index in [0.29, 0.717) is 28.5 Å². The van der Waals surface area contributed by atoms with Gasteiger partial charge in [0.05, 0.1) is 10.7 Å². The van der Waals surface area contributed by atoms with E-state index < -0.39 is 0 Å². The molecular formula is C17H20Cl2N4O. The van der Waals surface area contributed by atoms with Gasteiger partial charge in [0.2, 0.25) is 0 Å². The number of benzene rings is 1. The van der Waals surface area contributed by atoms with Crippen LogP contribution in [0.4, 0.5) is 0 Å². The molecule has 0 saturated carbocycles. The molecule has 7 heteroatoms. The molecule has 128 valence electrons. The van der Waals surface area contributed by atoms with Crippen molar-refractivity contribution in [3.8, 4) is 11.3 Å². The molecule has 2 aliphatic rings. The van der Waals surface area contributed by atoms with Gasteiger partial charge in [-0.25, -0.2) is 0 Å². The van der Waals surface area contributed by atoms with Crippen LogP contribution in [-0.4, -0.2) is 46.2 Å².